The number of likely N-dealkylation sites (N-methyl/N-ethyl adjacent to an activating group) is 1. The van der Waals surface area contributed by atoms with Crippen molar-refractivity contribution in [3.63, 3.8) is 0 Å². The van der Waals surface area contributed by atoms with Crippen LogP contribution in [0, 0.1) is 5.82 Å². The number of halogens is 2. The molecule has 0 spiro atoms. The van der Waals surface area contributed by atoms with Crippen LogP contribution in [0.2, 0.25) is 5.02 Å². The van der Waals surface area contributed by atoms with E-state index in [4.69, 9.17) is 11.6 Å². The van der Waals surface area contributed by atoms with Gasteiger partial charge in [-0.1, -0.05) is 29.8 Å². The average molecular weight is 282 g/mol. The van der Waals surface area contributed by atoms with Gasteiger partial charge < -0.3 is 5.32 Å². The number of rotatable bonds is 5. The van der Waals surface area contributed by atoms with Crippen LogP contribution in [0.3, 0.4) is 0 Å². The molecule has 1 atom stereocenters. The molecule has 19 heavy (non-hydrogen) atoms. The van der Waals surface area contributed by atoms with Crippen LogP contribution >= 0.6 is 11.6 Å². The molecule has 1 heterocycles. The predicted molar refractivity (Wildman–Crippen MR) is 74.8 cm³/mol. The van der Waals surface area contributed by atoms with Crippen LogP contribution < -0.4 is 5.32 Å². The number of aryl methyl sites for hydroxylation is 1. The van der Waals surface area contributed by atoms with Crippen molar-refractivity contribution in [2.24, 2.45) is 0 Å². The number of hydrogen-bond acceptors (Lipinski definition) is 2. The van der Waals surface area contributed by atoms with Gasteiger partial charge in [0.2, 0.25) is 0 Å². The minimum Gasteiger partial charge on any atom is -0.311 e. The molecule has 2 aromatic rings. The van der Waals surface area contributed by atoms with E-state index < -0.39 is 0 Å². The molecule has 0 fully saturated rings. The summed E-state index contributed by atoms with van der Waals surface area (Å²) >= 11 is 6.19. The second-order valence-electron chi connectivity index (χ2n) is 4.33. The molecular weight excluding hydrogens is 265 g/mol. The van der Waals surface area contributed by atoms with E-state index in [1.165, 1.54) is 6.07 Å². The first-order chi connectivity index (χ1) is 9.17. The summed E-state index contributed by atoms with van der Waals surface area (Å²) in [6.07, 6.45) is 2.17. The van der Waals surface area contributed by atoms with Gasteiger partial charge in [-0.15, -0.1) is 0 Å². The molecule has 0 saturated heterocycles. The van der Waals surface area contributed by atoms with Gasteiger partial charge in [-0.3, -0.25) is 4.68 Å². The van der Waals surface area contributed by atoms with Crippen molar-refractivity contribution >= 4 is 11.6 Å². The fraction of sp³-hybridized carbons (Fsp3) is 0.357. The minimum atomic E-state index is -0.193. The predicted octanol–water partition coefficient (Wildman–Crippen LogP) is 3.20. The summed E-state index contributed by atoms with van der Waals surface area (Å²) in [5.41, 5.74) is 1.57. The Morgan fingerprint density at radius 2 is 2.16 bits per heavy atom. The molecule has 0 amide bonds. The monoisotopic (exact) mass is 281 g/mol. The highest BCUT2D eigenvalue weighted by molar-refractivity contribution is 6.31. The van der Waals surface area contributed by atoms with Crippen LogP contribution in [0.1, 0.15) is 24.2 Å². The molecule has 3 nitrogen and oxygen atoms in total. The molecule has 0 radical (unpaired) electrons. The average Bonchev–Trinajstić information content (AvgIpc) is 2.79. The Morgan fingerprint density at radius 1 is 1.42 bits per heavy atom. The topological polar surface area (TPSA) is 29.9 Å². The summed E-state index contributed by atoms with van der Waals surface area (Å²) in [5, 5.41) is 8.01. The third kappa shape index (κ3) is 2.96. The third-order valence-corrected chi connectivity index (χ3v) is 3.48. The van der Waals surface area contributed by atoms with Gasteiger partial charge in [0.25, 0.3) is 0 Å². The van der Waals surface area contributed by atoms with Crippen molar-refractivity contribution in [2.75, 3.05) is 7.05 Å². The molecule has 2 rings (SSSR count). The largest absolute Gasteiger partial charge is 0.311 e. The lowest BCUT2D eigenvalue weighted by molar-refractivity contribution is 0.502. The lowest BCUT2D eigenvalue weighted by Gasteiger charge is -2.18. The molecule has 1 unspecified atom stereocenters. The summed E-state index contributed by atoms with van der Waals surface area (Å²) in [6.45, 7) is 2.74. The molecule has 0 aliphatic rings. The highest BCUT2D eigenvalue weighted by Gasteiger charge is 2.20. The summed E-state index contributed by atoms with van der Waals surface area (Å²) in [5.74, 6) is -0.193. The van der Waals surface area contributed by atoms with Gasteiger partial charge in [0.15, 0.2) is 0 Å². The lowest BCUT2D eigenvalue weighted by Crippen LogP contribution is -2.23. The number of hydrogen-bond donors (Lipinski definition) is 1. The van der Waals surface area contributed by atoms with Crippen LogP contribution in [0.25, 0.3) is 0 Å². The molecule has 1 aromatic heterocycles. The van der Waals surface area contributed by atoms with E-state index in [0.717, 1.165) is 12.2 Å². The molecule has 5 heteroatoms. The maximum atomic E-state index is 13.7. The van der Waals surface area contributed by atoms with Gasteiger partial charge in [0.1, 0.15) is 5.82 Å². The van der Waals surface area contributed by atoms with E-state index in [1.54, 1.807) is 18.3 Å². The molecular formula is C14H17ClFN3. The Morgan fingerprint density at radius 3 is 2.79 bits per heavy atom. The second-order valence-corrected chi connectivity index (χ2v) is 4.74. The van der Waals surface area contributed by atoms with Crippen molar-refractivity contribution in [2.45, 2.75) is 25.9 Å². The molecule has 0 aliphatic carbocycles. The zero-order chi connectivity index (χ0) is 13.8. The zero-order valence-electron chi connectivity index (χ0n) is 11.0. The SMILES string of the molecule is CCn1ncc(Cl)c1C(Cc1ccccc1F)NC. The highest BCUT2D eigenvalue weighted by Crippen LogP contribution is 2.26. The standard InChI is InChI=1S/C14H17ClFN3/c1-3-19-14(11(15)9-18-19)13(17-2)8-10-6-4-5-7-12(10)16/h4-7,9,13,17H,3,8H2,1-2H3. The van der Waals surface area contributed by atoms with Crippen molar-refractivity contribution in [1.29, 1.82) is 0 Å². The van der Waals surface area contributed by atoms with Crippen molar-refractivity contribution < 1.29 is 4.39 Å². The Bertz CT molecular complexity index is 553. The van der Waals surface area contributed by atoms with Crippen LogP contribution in [-0.2, 0) is 13.0 Å². The van der Waals surface area contributed by atoms with E-state index in [1.807, 2.05) is 24.7 Å². The number of nitrogens with zero attached hydrogens (tertiary/aromatic N) is 2. The normalized spacial score (nSPS) is 12.6. The van der Waals surface area contributed by atoms with Crippen LogP contribution in [0.15, 0.2) is 30.5 Å². The Balaban J connectivity index is 2.30. The number of nitrogens with one attached hydrogen (secondary N) is 1. The van der Waals surface area contributed by atoms with E-state index in [2.05, 4.69) is 10.4 Å². The Labute approximate surface area is 117 Å². The highest BCUT2D eigenvalue weighted by atomic mass is 35.5. The smallest absolute Gasteiger partial charge is 0.126 e. The molecule has 1 aromatic carbocycles. The first-order valence-electron chi connectivity index (χ1n) is 6.29. The maximum absolute atomic E-state index is 13.7. The zero-order valence-corrected chi connectivity index (χ0v) is 11.8. The summed E-state index contributed by atoms with van der Waals surface area (Å²) in [4.78, 5) is 0. The van der Waals surface area contributed by atoms with Crippen molar-refractivity contribution in [1.82, 2.24) is 15.1 Å². The van der Waals surface area contributed by atoms with E-state index >= 15 is 0 Å². The van der Waals surface area contributed by atoms with E-state index in [0.29, 0.717) is 17.0 Å². The van der Waals surface area contributed by atoms with Gasteiger partial charge in [-0.05, 0) is 32.0 Å². The molecule has 0 bridgehead atoms. The first kappa shape index (κ1) is 14.0. The fourth-order valence-corrected chi connectivity index (χ4v) is 2.46. The Hall–Kier alpha value is -1.39. The molecule has 0 saturated carbocycles. The molecule has 0 aliphatic heterocycles. The van der Waals surface area contributed by atoms with E-state index in [9.17, 15) is 4.39 Å². The van der Waals surface area contributed by atoms with Gasteiger partial charge in [-0.2, -0.15) is 5.10 Å². The molecule has 102 valence electrons. The van der Waals surface area contributed by atoms with Crippen LogP contribution in [0.4, 0.5) is 4.39 Å². The summed E-state index contributed by atoms with van der Waals surface area (Å²) < 4.78 is 15.6. The Kier molecular flexibility index (Phi) is 4.56. The minimum absolute atomic E-state index is 0.0631. The lowest BCUT2D eigenvalue weighted by atomic mass is 10.0. The van der Waals surface area contributed by atoms with Crippen LogP contribution in [-0.4, -0.2) is 16.8 Å². The van der Waals surface area contributed by atoms with Gasteiger partial charge in [-0.25, -0.2) is 4.39 Å². The second kappa shape index (κ2) is 6.17. The van der Waals surface area contributed by atoms with Gasteiger partial charge >= 0.3 is 0 Å². The van der Waals surface area contributed by atoms with Gasteiger partial charge in [0.05, 0.1) is 23.0 Å². The fourth-order valence-electron chi connectivity index (χ4n) is 2.19. The first-order valence-corrected chi connectivity index (χ1v) is 6.67. The van der Waals surface area contributed by atoms with Crippen molar-refractivity contribution in [3.05, 3.63) is 52.6 Å². The maximum Gasteiger partial charge on any atom is 0.126 e. The quantitative estimate of drug-likeness (QED) is 0.912. The molecule has 1 N–H and O–H groups in total. The van der Waals surface area contributed by atoms with Gasteiger partial charge in [0, 0.05) is 6.54 Å². The summed E-state index contributed by atoms with van der Waals surface area (Å²) in [6, 6.07) is 6.73. The van der Waals surface area contributed by atoms with Crippen molar-refractivity contribution in [3.8, 4) is 0 Å². The van der Waals surface area contributed by atoms with E-state index in [-0.39, 0.29) is 11.9 Å². The number of benzene rings is 1. The number of aromatic nitrogens is 2. The summed E-state index contributed by atoms with van der Waals surface area (Å²) in [7, 11) is 1.84. The van der Waals surface area contributed by atoms with Crippen LogP contribution in [0.5, 0.6) is 0 Å². The third-order valence-electron chi connectivity index (χ3n) is 3.19.